The number of pyridine rings is 1. The topological polar surface area (TPSA) is 69.6 Å². The maximum atomic E-state index is 12.5. The van der Waals surface area contributed by atoms with Crippen LogP contribution < -0.4 is 10.6 Å². The zero-order valence-corrected chi connectivity index (χ0v) is 14.4. The summed E-state index contributed by atoms with van der Waals surface area (Å²) < 4.78 is 0. The molecule has 0 spiro atoms. The average molecular weight is 337 g/mol. The SMILES string of the molecule is CN=C(NCc1ccccn1)NC1CCN(C(=O)c2ccccc2)C1. The van der Waals surface area contributed by atoms with E-state index in [4.69, 9.17) is 0 Å². The first-order chi connectivity index (χ1) is 12.3. The first-order valence-electron chi connectivity index (χ1n) is 8.47. The second kappa shape index (κ2) is 8.28. The molecule has 1 atom stereocenters. The van der Waals surface area contributed by atoms with Crippen molar-refractivity contribution in [2.24, 2.45) is 4.99 Å². The van der Waals surface area contributed by atoms with Gasteiger partial charge in [0.1, 0.15) is 0 Å². The highest BCUT2D eigenvalue weighted by molar-refractivity contribution is 5.94. The summed E-state index contributed by atoms with van der Waals surface area (Å²) in [6.07, 6.45) is 2.68. The highest BCUT2D eigenvalue weighted by Gasteiger charge is 2.27. The highest BCUT2D eigenvalue weighted by atomic mass is 16.2. The van der Waals surface area contributed by atoms with Crippen LogP contribution in [0.3, 0.4) is 0 Å². The zero-order valence-electron chi connectivity index (χ0n) is 14.4. The first-order valence-corrected chi connectivity index (χ1v) is 8.47. The molecule has 0 radical (unpaired) electrons. The number of rotatable bonds is 4. The van der Waals surface area contributed by atoms with E-state index in [0.29, 0.717) is 13.1 Å². The maximum absolute atomic E-state index is 12.5. The molecule has 6 heteroatoms. The first kappa shape index (κ1) is 17.0. The maximum Gasteiger partial charge on any atom is 0.253 e. The molecule has 2 heterocycles. The molecule has 1 saturated heterocycles. The van der Waals surface area contributed by atoms with Crippen LogP contribution >= 0.6 is 0 Å². The van der Waals surface area contributed by atoms with E-state index < -0.39 is 0 Å². The monoisotopic (exact) mass is 337 g/mol. The Hall–Kier alpha value is -2.89. The minimum Gasteiger partial charge on any atom is -0.352 e. The molecule has 2 aromatic rings. The molecule has 6 nitrogen and oxygen atoms in total. The van der Waals surface area contributed by atoms with Crippen molar-refractivity contribution in [1.29, 1.82) is 0 Å². The molecule has 0 bridgehead atoms. The highest BCUT2D eigenvalue weighted by Crippen LogP contribution is 2.13. The van der Waals surface area contributed by atoms with E-state index in [1.54, 1.807) is 13.2 Å². The number of guanidine groups is 1. The summed E-state index contributed by atoms with van der Waals surface area (Å²) in [5, 5.41) is 6.65. The summed E-state index contributed by atoms with van der Waals surface area (Å²) in [5.41, 5.74) is 1.69. The van der Waals surface area contributed by atoms with Crippen LogP contribution in [0, 0.1) is 0 Å². The summed E-state index contributed by atoms with van der Waals surface area (Å²) in [7, 11) is 1.75. The normalized spacial score (nSPS) is 17.4. The Morgan fingerprint density at radius 3 is 2.76 bits per heavy atom. The van der Waals surface area contributed by atoms with Crippen LogP contribution in [0.4, 0.5) is 0 Å². The van der Waals surface area contributed by atoms with Crippen molar-refractivity contribution in [3.05, 3.63) is 66.0 Å². The molecular formula is C19H23N5O. The van der Waals surface area contributed by atoms with Crippen molar-refractivity contribution in [3.8, 4) is 0 Å². The molecule has 1 unspecified atom stereocenters. The molecule has 2 N–H and O–H groups in total. The van der Waals surface area contributed by atoms with Gasteiger partial charge in [0.05, 0.1) is 12.2 Å². The van der Waals surface area contributed by atoms with Crippen molar-refractivity contribution < 1.29 is 4.79 Å². The van der Waals surface area contributed by atoms with Gasteiger partial charge in [-0.25, -0.2) is 0 Å². The molecule has 1 amide bonds. The van der Waals surface area contributed by atoms with Gasteiger partial charge < -0.3 is 15.5 Å². The number of carbonyl (C=O) groups excluding carboxylic acids is 1. The molecule has 0 aliphatic carbocycles. The minimum atomic E-state index is 0.0846. The molecule has 1 fully saturated rings. The van der Waals surface area contributed by atoms with E-state index in [0.717, 1.165) is 30.2 Å². The van der Waals surface area contributed by atoms with Crippen molar-refractivity contribution in [3.63, 3.8) is 0 Å². The Balaban J connectivity index is 1.50. The summed E-state index contributed by atoms with van der Waals surface area (Å²) in [5.74, 6) is 0.811. The van der Waals surface area contributed by atoms with Gasteiger partial charge in [-0.05, 0) is 30.7 Å². The van der Waals surface area contributed by atoms with Crippen molar-refractivity contribution in [2.75, 3.05) is 20.1 Å². The van der Waals surface area contributed by atoms with Crippen LogP contribution in [-0.4, -0.2) is 47.9 Å². The fraction of sp³-hybridized carbons (Fsp3) is 0.316. The smallest absolute Gasteiger partial charge is 0.253 e. The third-order valence-corrected chi connectivity index (χ3v) is 4.22. The second-order valence-corrected chi connectivity index (χ2v) is 5.99. The standard InChI is InChI=1S/C19H23N5O/c1-20-19(22-13-16-9-5-6-11-21-16)23-17-10-12-24(14-17)18(25)15-7-3-2-4-8-15/h2-9,11,17H,10,12-14H2,1H3,(H2,20,22,23). The molecule has 25 heavy (non-hydrogen) atoms. The van der Waals surface area contributed by atoms with Gasteiger partial charge in [0.2, 0.25) is 0 Å². The zero-order chi connectivity index (χ0) is 17.5. The van der Waals surface area contributed by atoms with Gasteiger partial charge in [0, 0.05) is 37.9 Å². The third-order valence-electron chi connectivity index (χ3n) is 4.22. The summed E-state index contributed by atoms with van der Waals surface area (Å²) in [6, 6.07) is 15.4. The number of nitrogens with zero attached hydrogens (tertiary/aromatic N) is 3. The van der Waals surface area contributed by atoms with Crippen LogP contribution in [0.1, 0.15) is 22.5 Å². The number of aromatic nitrogens is 1. The minimum absolute atomic E-state index is 0.0846. The van der Waals surface area contributed by atoms with E-state index in [2.05, 4.69) is 20.6 Å². The van der Waals surface area contributed by atoms with E-state index in [1.165, 1.54) is 0 Å². The molecule has 1 aromatic heterocycles. The number of likely N-dealkylation sites (tertiary alicyclic amines) is 1. The number of carbonyl (C=O) groups is 1. The Morgan fingerprint density at radius 2 is 2.04 bits per heavy atom. The summed E-state index contributed by atoms with van der Waals surface area (Å²) in [4.78, 5) is 22.9. The van der Waals surface area contributed by atoms with Gasteiger partial charge >= 0.3 is 0 Å². The Bertz CT molecular complexity index is 717. The van der Waals surface area contributed by atoms with Crippen LogP contribution in [0.25, 0.3) is 0 Å². The largest absolute Gasteiger partial charge is 0.352 e. The molecule has 1 aliphatic rings. The molecule has 0 saturated carbocycles. The van der Waals surface area contributed by atoms with Gasteiger partial charge in [-0.3, -0.25) is 14.8 Å². The van der Waals surface area contributed by atoms with Crippen molar-refractivity contribution >= 4 is 11.9 Å². The van der Waals surface area contributed by atoms with Crippen molar-refractivity contribution in [1.82, 2.24) is 20.5 Å². The van der Waals surface area contributed by atoms with Crippen molar-refractivity contribution in [2.45, 2.75) is 19.0 Å². The van der Waals surface area contributed by atoms with E-state index in [-0.39, 0.29) is 11.9 Å². The lowest BCUT2D eigenvalue weighted by Gasteiger charge is -2.19. The van der Waals surface area contributed by atoms with Gasteiger partial charge in [-0.15, -0.1) is 0 Å². The predicted molar refractivity (Wildman–Crippen MR) is 98.3 cm³/mol. The Labute approximate surface area is 148 Å². The lowest BCUT2D eigenvalue weighted by molar-refractivity contribution is 0.0790. The van der Waals surface area contributed by atoms with Gasteiger partial charge in [-0.1, -0.05) is 24.3 Å². The third kappa shape index (κ3) is 4.56. The molecular weight excluding hydrogens is 314 g/mol. The fourth-order valence-corrected chi connectivity index (χ4v) is 2.89. The fourth-order valence-electron chi connectivity index (χ4n) is 2.89. The molecule has 130 valence electrons. The molecule has 3 rings (SSSR count). The Morgan fingerprint density at radius 1 is 1.24 bits per heavy atom. The van der Waals surface area contributed by atoms with E-state index in [9.17, 15) is 4.79 Å². The average Bonchev–Trinajstić information content (AvgIpc) is 3.14. The van der Waals surface area contributed by atoms with Gasteiger partial charge in [-0.2, -0.15) is 0 Å². The molecule has 1 aromatic carbocycles. The number of hydrogen-bond acceptors (Lipinski definition) is 3. The number of nitrogens with one attached hydrogen (secondary N) is 2. The van der Waals surface area contributed by atoms with Gasteiger partial charge in [0.15, 0.2) is 5.96 Å². The number of aliphatic imine (C=N–C) groups is 1. The predicted octanol–water partition coefficient (Wildman–Crippen LogP) is 1.66. The second-order valence-electron chi connectivity index (χ2n) is 5.99. The lowest BCUT2D eigenvalue weighted by atomic mass is 10.2. The van der Waals surface area contributed by atoms with Crippen LogP contribution in [-0.2, 0) is 6.54 Å². The van der Waals surface area contributed by atoms with Crippen LogP contribution in [0.2, 0.25) is 0 Å². The van der Waals surface area contributed by atoms with Crippen LogP contribution in [0.5, 0.6) is 0 Å². The summed E-state index contributed by atoms with van der Waals surface area (Å²) >= 11 is 0. The number of amides is 1. The lowest BCUT2D eigenvalue weighted by Crippen LogP contribution is -2.44. The van der Waals surface area contributed by atoms with E-state index >= 15 is 0 Å². The van der Waals surface area contributed by atoms with E-state index in [1.807, 2.05) is 53.4 Å². The quantitative estimate of drug-likeness (QED) is 0.658. The number of hydrogen-bond donors (Lipinski definition) is 2. The van der Waals surface area contributed by atoms with Crippen LogP contribution in [0.15, 0.2) is 59.7 Å². The Kier molecular flexibility index (Phi) is 5.61. The summed E-state index contributed by atoms with van der Waals surface area (Å²) in [6.45, 7) is 2.04. The molecule has 1 aliphatic heterocycles. The number of benzene rings is 1. The van der Waals surface area contributed by atoms with Gasteiger partial charge in [0.25, 0.3) is 5.91 Å².